The van der Waals surface area contributed by atoms with E-state index in [-0.39, 0.29) is 40.2 Å². The molecule has 0 aliphatic heterocycles. The number of fused-ring (bicyclic) bond motifs is 2. The number of rotatable bonds is 9. The van der Waals surface area contributed by atoms with Crippen LogP contribution < -0.4 is 9.47 Å². The van der Waals surface area contributed by atoms with Gasteiger partial charge in [0.05, 0.1) is 29.9 Å². The van der Waals surface area contributed by atoms with Crippen molar-refractivity contribution in [1.82, 2.24) is 0 Å². The zero-order chi connectivity index (χ0) is 21.0. The number of carboxylic acid groups (broad SMARTS) is 1. The minimum atomic E-state index is -1.21. The van der Waals surface area contributed by atoms with E-state index in [1.165, 1.54) is 18.2 Å². The van der Waals surface area contributed by atoms with Crippen molar-refractivity contribution in [2.45, 2.75) is 12.8 Å². The van der Waals surface area contributed by atoms with E-state index in [9.17, 15) is 19.5 Å². The highest BCUT2D eigenvalue weighted by atomic mass is 16.5. The van der Waals surface area contributed by atoms with Crippen molar-refractivity contribution < 1.29 is 29.0 Å². The Morgan fingerprint density at radius 1 is 0.897 bits per heavy atom. The third-order valence-corrected chi connectivity index (χ3v) is 4.48. The number of hydrogen-bond acceptors (Lipinski definition) is 5. The average Bonchev–Trinajstić information content (AvgIpc) is 2.71. The van der Waals surface area contributed by atoms with E-state index in [4.69, 9.17) is 9.47 Å². The van der Waals surface area contributed by atoms with Gasteiger partial charge in [0.2, 0.25) is 5.78 Å². The molecule has 0 saturated heterocycles. The molecule has 3 rings (SSSR count). The predicted molar refractivity (Wildman–Crippen MR) is 107 cm³/mol. The van der Waals surface area contributed by atoms with E-state index in [1.54, 1.807) is 24.3 Å². The van der Waals surface area contributed by atoms with Crippen LogP contribution in [-0.2, 0) is 0 Å². The first-order valence-corrected chi connectivity index (χ1v) is 9.10. The number of carbonyl (C=O) groups is 3. The highest BCUT2D eigenvalue weighted by molar-refractivity contribution is 6.30. The molecule has 148 valence electrons. The Morgan fingerprint density at radius 2 is 1.52 bits per heavy atom. The quantitative estimate of drug-likeness (QED) is 0.436. The molecule has 0 saturated carbocycles. The number of ether oxygens (including phenoxy) is 2. The summed E-state index contributed by atoms with van der Waals surface area (Å²) in [5.41, 5.74) is 0.278. The van der Waals surface area contributed by atoms with E-state index in [0.717, 1.165) is 0 Å². The molecule has 0 fully saturated rings. The minimum Gasteiger partial charge on any atom is -0.492 e. The average molecular weight is 392 g/mol. The molecule has 1 aliphatic carbocycles. The van der Waals surface area contributed by atoms with Crippen molar-refractivity contribution in [2.24, 2.45) is 0 Å². The lowest BCUT2D eigenvalue weighted by Crippen LogP contribution is -2.24. The van der Waals surface area contributed by atoms with Gasteiger partial charge in [-0.25, -0.2) is 4.79 Å². The van der Waals surface area contributed by atoms with Gasteiger partial charge < -0.3 is 14.6 Å². The van der Waals surface area contributed by atoms with Crippen LogP contribution in [0.3, 0.4) is 0 Å². The molecular weight excluding hydrogens is 372 g/mol. The molecule has 0 atom stereocenters. The van der Waals surface area contributed by atoms with Gasteiger partial charge in [-0.15, -0.1) is 13.2 Å². The summed E-state index contributed by atoms with van der Waals surface area (Å²) in [7, 11) is 0. The highest BCUT2D eigenvalue weighted by Crippen LogP contribution is 2.38. The number of hydrogen-bond donors (Lipinski definition) is 1. The molecule has 0 spiro atoms. The van der Waals surface area contributed by atoms with E-state index in [1.807, 2.05) is 0 Å². The van der Waals surface area contributed by atoms with Crippen LogP contribution in [0.4, 0.5) is 0 Å². The normalized spacial score (nSPS) is 12.0. The second kappa shape index (κ2) is 8.56. The summed E-state index contributed by atoms with van der Waals surface area (Å²) >= 11 is 0. The fourth-order valence-corrected chi connectivity index (χ4v) is 3.12. The Hall–Kier alpha value is -3.67. The van der Waals surface area contributed by atoms with Crippen molar-refractivity contribution in [3.05, 3.63) is 83.5 Å². The Labute approximate surface area is 168 Å². The van der Waals surface area contributed by atoms with Gasteiger partial charge in [-0.3, -0.25) is 9.59 Å². The molecule has 2 aromatic rings. The van der Waals surface area contributed by atoms with Crippen LogP contribution in [0.25, 0.3) is 0 Å². The third kappa shape index (κ3) is 3.82. The topological polar surface area (TPSA) is 89.9 Å². The molecular formula is C23H20O6. The molecule has 1 aliphatic rings. The molecule has 2 aromatic carbocycles. The highest BCUT2D eigenvalue weighted by Gasteiger charge is 2.36. The second-order valence-electron chi connectivity index (χ2n) is 6.39. The van der Waals surface area contributed by atoms with Crippen LogP contribution in [0.1, 0.15) is 55.0 Å². The van der Waals surface area contributed by atoms with Crippen molar-refractivity contribution in [2.75, 3.05) is 13.2 Å². The lowest BCUT2D eigenvalue weighted by atomic mass is 9.82. The number of aromatic carboxylic acids is 1. The number of carboxylic acids is 1. The number of ketones is 2. The molecule has 0 heterocycles. The Bertz CT molecular complexity index is 1020. The maximum Gasteiger partial charge on any atom is 0.335 e. The largest absolute Gasteiger partial charge is 0.492 e. The van der Waals surface area contributed by atoms with Crippen LogP contribution in [0, 0.1) is 0 Å². The molecule has 6 nitrogen and oxygen atoms in total. The van der Waals surface area contributed by atoms with Gasteiger partial charge in [-0.2, -0.15) is 0 Å². The Balaban J connectivity index is 2.14. The third-order valence-electron chi connectivity index (χ3n) is 4.48. The van der Waals surface area contributed by atoms with Crippen LogP contribution in [0.15, 0.2) is 55.6 Å². The van der Waals surface area contributed by atoms with Crippen LogP contribution in [0.5, 0.6) is 11.5 Å². The lowest BCUT2D eigenvalue weighted by molar-refractivity contribution is 0.0695. The van der Waals surface area contributed by atoms with Gasteiger partial charge in [-0.05, 0) is 31.0 Å². The fourth-order valence-electron chi connectivity index (χ4n) is 3.12. The first-order chi connectivity index (χ1) is 14.0. The SMILES string of the molecule is C=CCCOc1cccc2c1C(=O)c1c(OCCC=C)cc(C(=O)O)cc1C2=O. The van der Waals surface area contributed by atoms with E-state index < -0.39 is 17.5 Å². The van der Waals surface area contributed by atoms with Gasteiger partial charge in [0.15, 0.2) is 5.78 Å². The molecule has 0 aromatic heterocycles. The lowest BCUT2D eigenvalue weighted by Gasteiger charge is -2.23. The summed E-state index contributed by atoms with van der Waals surface area (Å²) in [4.78, 5) is 38.0. The molecule has 0 bridgehead atoms. The first-order valence-electron chi connectivity index (χ1n) is 9.10. The van der Waals surface area contributed by atoms with Gasteiger partial charge in [0.1, 0.15) is 11.5 Å². The monoisotopic (exact) mass is 392 g/mol. The van der Waals surface area contributed by atoms with E-state index >= 15 is 0 Å². The molecule has 6 heteroatoms. The molecule has 1 N–H and O–H groups in total. The summed E-state index contributed by atoms with van der Waals surface area (Å²) in [5.74, 6) is -1.73. The molecule has 0 unspecified atom stereocenters. The molecule has 29 heavy (non-hydrogen) atoms. The van der Waals surface area contributed by atoms with Crippen LogP contribution >= 0.6 is 0 Å². The standard InChI is InChI=1S/C23H20O6/c1-3-5-10-28-17-9-7-8-15-19(17)22(25)20-16(21(15)24)12-14(23(26)27)13-18(20)29-11-6-4-2/h3-4,7-9,12-13H,1-2,5-6,10-11H2,(H,26,27). The zero-order valence-electron chi connectivity index (χ0n) is 15.8. The van der Waals surface area contributed by atoms with Crippen molar-refractivity contribution in [3.8, 4) is 11.5 Å². The van der Waals surface area contributed by atoms with Gasteiger partial charge in [0, 0.05) is 11.1 Å². The first kappa shape index (κ1) is 20.1. The molecule has 0 amide bonds. The maximum atomic E-state index is 13.3. The maximum absolute atomic E-state index is 13.3. The minimum absolute atomic E-state index is 0.0132. The number of benzene rings is 2. The summed E-state index contributed by atoms with van der Waals surface area (Å²) in [5, 5.41) is 9.40. The summed E-state index contributed by atoms with van der Waals surface area (Å²) in [6, 6.07) is 7.27. The summed E-state index contributed by atoms with van der Waals surface area (Å²) in [6.07, 6.45) is 4.42. The van der Waals surface area contributed by atoms with E-state index in [0.29, 0.717) is 25.2 Å². The number of carbonyl (C=O) groups excluding carboxylic acids is 2. The van der Waals surface area contributed by atoms with E-state index in [2.05, 4.69) is 13.2 Å². The second-order valence-corrected chi connectivity index (χ2v) is 6.39. The van der Waals surface area contributed by atoms with Crippen LogP contribution in [0.2, 0.25) is 0 Å². The van der Waals surface area contributed by atoms with Gasteiger partial charge in [0.25, 0.3) is 0 Å². The van der Waals surface area contributed by atoms with Crippen molar-refractivity contribution >= 4 is 17.5 Å². The van der Waals surface area contributed by atoms with Crippen LogP contribution in [-0.4, -0.2) is 35.9 Å². The zero-order valence-corrected chi connectivity index (χ0v) is 15.8. The Morgan fingerprint density at radius 3 is 2.14 bits per heavy atom. The smallest absolute Gasteiger partial charge is 0.335 e. The Kier molecular flexibility index (Phi) is 5.93. The summed E-state index contributed by atoms with van der Waals surface area (Å²) < 4.78 is 11.3. The predicted octanol–water partition coefficient (Wildman–Crippen LogP) is 4.07. The summed E-state index contributed by atoms with van der Waals surface area (Å²) in [6.45, 7) is 7.76. The fraction of sp³-hybridized carbons (Fsp3) is 0.174. The van der Waals surface area contributed by atoms with Gasteiger partial charge >= 0.3 is 5.97 Å². The van der Waals surface area contributed by atoms with Crippen molar-refractivity contribution in [1.29, 1.82) is 0 Å². The van der Waals surface area contributed by atoms with Crippen molar-refractivity contribution in [3.63, 3.8) is 0 Å². The molecule has 0 radical (unpaired) electrons. The van der Waals surface area contributed by atoms with Gasteiger partial charge in [-0.1, -0.05) is 24.3 Å².